The Hall–Kier alpha value is -2.82. The molecule has 2 rings (SSSR count). The van der Waals surface area contributed by atoms with Crippen molar-refractivity contribution in [1.29, 1.82) is 0 Å². The third kappa shape index (κ3) is 4.83. The van der Waals surface area contributed by atoms with Gasteiger partial charge in [0.15, 0.2) is 6.61 Å². The van der Waals surface area contributed by atoms with Gasteiger partial charge < -0.3 is 14.5 Å². The number of rotatable bonds is 6. The van der Waals surface area contributed by atoms with Gasteiger partial charge in [-0.25, -0.2) is 4.79 Å². The van der Waals surface area contributed by atoms with Crippen LogP contribution in [0.5, 0.6) is 0 Å². The highest BCUT2D eigenvalue weighted by atomic mass is 16.5. The Morgan fingerprint density at radius 3 is 2.04 bits per heavy atom. The first-order chi connectivity index (χ1) is 11.9. The predicted molar refractivity (Wildman–Crippen MR) is 100 cm³/mol. The van der Waals surface area contributed by atoms with Crippen LogP contribution in [0.1, 0.15) is 24.2 Å². The average molecular weight is 340 g/mol. The molecule has 5 nitrogen and oxygen atoms in total. The zero-order valence-corrected chi connectivity index (χ0v) is 15.1. The summed E-state index contributed by atoms with van der Waals surface area (Å²) in [4.78, 5) is 28.2. The van der Waals surface area contributed by atoms with Crippen LogP contribution in [-0.2, 0) is 9.53 Å². The molecule has 0 N–H and O–H groups in total. The first-order valence-corrected chi connectivity index (χ1v) is 8.21. The molecule has 0 aromatic heterocycles. The molecule has 25 heavy (non-hydrogen) atoms. The minimum atomic E-state index is -0.504. The summed E-state index contributed by atoms with van der Waals surface area (Å²) < 4.78 is 5.20. The van der Waals surface area contributed by atoms with Crippen molar-refractivity contribution in [2.45, 2.75) is 19.9 Å². The van der Waals surface area contributed by atoms with Crippen LogP contribution < -0.4 is 9.80 Å². The van der Waals surface area contributed by atoms with Crippen LogP contribution in [0.25, 0.3) is 0 Å². The Morgan fingerprint density at radius 1 is 0.920 bits per heavy atom. The monoisotopic (exact) mass is 340 g/mol. The van der Waals surface area contributed by atoms with Gasteiger partial charge >= 0.3 is 5.97 Å². The lowest BCUT2D eigenvalue weighted by molar-refractivity contribution is -0.122. The van der Waals surface area contributed by atoms with Crippen molar-refractivity contribution in [2.24, 2.45) is 0 Å². The maximum atomic E-state index is 12.5. The normalized spacial score (nSPS) is 10.4. The molecule has 0 saturated carbocycles. The summed E-state index contributed by atoms with van der Waals surface area (Å²) >= 11 is 0. The molecular formula is C20H24N2O3. The molecule has 0 bridgehead atoms. The lowest BCUT2D eigenvalue weighted by Crippen LogP contribution is -2.39. The van der Waals surface area contributed by atoms with E-state index in [1.807, 2.05) is 75.3 Å². The summed E-state index contributed by atoms with van der Waals surface area (Å²) in [7, 11) is 3.85. The molecule has 1 amide bonds. The number of hydrogen-bond donors (Lipinski definition) is 0. The number of hydrogen-bond acceptors (Lipinski definition) is 4. The van der Waals surface area contributed by atoms with E-state index in [1.165, 1.54) is 0 Å². The van der Waals surface area contributed by atoms with E-state index in [9.17, 15) is 9.59 Å². The predicted octanol–water partition coefficient (Wildman–Crippen LogP) is 3.35. The Kier molecular flexibility index (Phi) is 6.17. The van der Waals surface area contributed by atoms with Gasteiger partial charge in [-0.2, -0.15) is 0 Å². The summed E-state index contributed by atoms with van der Waals surface area (Å²) in [5.41, 5.74) is 2.20. The van der Waals surface area contributed by atoms with Gasteiger partial charge in [-0.05, 0) is 50.2 Å². The summed E-state index contributed by atoms with van der Waals surface area (Å²) in [6.45, 7) is 3.56. The van der Waals surface area contributed by atoms with E-state index in [4.69, 9.17) is 4.74 Å². The Balaban J connectivity index is 2.01. The largest absolute Gasteiger partial charge is 0.452 e. The number of ether oxygens (including phenoxy) is 1. The summed E-state index contributed by atoms with van der Waals surface area (Å²) in [6.07, 6.45) is 0. The first kappa shape index (κ1) is 18.5. The molecule has 132 valence electrons. The average Bonchev–Trinajstić information content (AvgIpc) is 2.60. The molecule has 5 heteroatoms. The van der Waals surface area contributed by atoms with Crippen molar-refractivity contribution >= 4 is 23.3 Å². The van der Waals surface area contributed by atoms with E-state index in [2.05, 4.69) is 0 Å². The van der Waals surface area contributed by atoms with E-state index >= 15 is 0 Å². The minimum Gasteiger partial charge on any atom is -0.452 e. The lowest BCUT2D eigenvalue weighted by Gasteiger charge is -2.26. The number of amides is 1. The van der Waals surface area contributed by atoms with E-state index in [-0.39, 0.29) is 18.6 Å². The smallest absolute Gasteiger partial charge is 0.338 e. The standard InChI is InChI=1S/C20H24N2O3/c1-15(2)22(18-8-6-5-7-9-18)19(23)14-25-20(24)16-10-12-17(13-11-16)21(3)4/h5-13,15H,14H2,1-4H3. The maximum Gasteiger partial charge on any atom is 0.338 e. The van der Waals surface area contributed by atoms with Crippen LogP contribution in [0.15, 0.2) is 54.6 Å². The number of nitrogens with zero attached hydrogens (tertiary/aromatic N) is 2. The second-order valence-electron chi connectivity index (χ2n) is 6.21. The van der Waals surface area contributed by atoms with Crippen LogP contribution in [0.3, 0.4) is 0 Å². The van der Waals surface area contributed by atoms with Gasteiger partial charge in [-0.3, -0.25) is 4.79 Å². The second-order valence-corrected chi connectivity index (χ2v) is 6.21. The molecule has 2 aromatic carbocycles. The molecule has 0 heterocycles. The van der Waals surface area contributed by atoms with Crippen LogP contribution in [0.4, 0.5) is 11.4 Å². The van der Waals surface area contributed by atoms with Crippen LogP contribution in [0.2, 0.25) is 0 Å². The Morgan fingerprint density at radius 2 is 1.52 bits per heavy atom. The van der Waals surface area contributed by atoms with Crippen molar-refractivity contribution in [3.63, 3.8) is 0 Å². The minimum absolute atomic E-state index is 0.0343. The number of esters is 1. The van der Waals surface area contributed by atoms with Crippen molar-refractivity contribution < 1.29 is 14.3 Å². The molecule has 0 radical (unpaired) electrons. The fourth-order valence-electron chi connectivity index (χ4n) is 2.49. The van der Waals surface area contributed by atoms with Crippen molar-refractivity contribution in [3.8, 4) is 0 Å². The molecule has 0 fully saturated rings. The Bertz CT molecular complexity index is 709. The molecule has 0 aliphatic carbocycles. The first-order valence-electron chi connectivity index (χ1n) is 8.21. The molecule has 0 aliphatic rings. The fourth-order valence-corrected chi connectivity index (χ4v) is 2.49. The van der Waals surface area contributed by atoms with Crippen molar-refractivity contribution in [3.05, 3.63) is 60.2 Å². The number of anilines is 2. The summed E-state index contributed by atoms with van der Waals surface area (Å²) in [6, 6.07) is 16.4. The third-order valence-electron chi connectivity index (χ3n) is 3.77. The number of carbonyl (C=O) groups excluding carboxylic acids is 2. The number of benzene rings is 2. The van der Waals surface area contributed by atoms with Gasteiger partial charge in [-0.1, -0.05) is 18.2 Å². The van der Waals surface area contributed by atoms with Crippen LogP contribution >= 0.6 is 0 Å². The van der Waals surface area contributed by atoms with Gasteiger partial charge in [0.1, 0.15) is 0 Å². The number of carbonyl (C=O) groups is 2. The fraction of sp³-hybridized carbons (Fsp3) is 0.300. The van der Waals surface area contributed by atoms with Gasteiger partial charge in [0.2, 0.25) is 0 Å². The molecule has 0 saturated heterocycles. The molecule has 0 unspecified atom stereocenters. The highest BCUT2D eigenvalue weighted by Crippen LogP contribution is 2.17. The van der Waals surface area contributed by atoms with E-state index in [0.717, 1.165) is 11.4 Å². The van der Waals surface area contributed by atoms with E-state index in [0.29, 0.717) is 5.56 Å². The van der Waals surface area contributed by atoms with E-state index in [1.54, 1.807) is 17.0 Å². The zero-order valence-electron chi connectivity index (χ0n) is 15.1. The third-order valence-corrected chi connectivity index (χ3v) is 3.77. The summed E-state index contributed by atoms with van der Waals surface area (Å²) in [5.74, 6) is -0.755. The Labute approximate surface area is 148 Å². The van der Waals surface area contributed by atoms with Crippen molar-refractivity contribution in [2.75, 3.05) is 30.5 Å². The molecular weight excluding hydrogens is 316 g/mol. The van der Waals surface area contributed by atoms with Gasteiger partial charge in [-0.15, -0.1) is 0 Å². The van der Waals surface area contributed by atoms with Crippen LogP contribution in [0, 0.1) is 0 Å². The molecule has 0 aliphatic heterocycles. The highest BCUT2D eigenvalue weighted by molar-refractivity contribution is 5.97. The van der Waals surface area contributed by atoms with Crippen molar-refractivity contribution in [1.82, 2.24) is 0 Å². The highest BCUT2D eigenvalue weighted by Gasteiger charge is 2.20. The zero-order chi connectivity index (χ0) is 18.4. The topological polar surface area (TPSA) is 49.9 Å². The number of para-hydroxylation sites is 1. The van der Waals surface area contributed by atoms with Crippen LogP contribution in [-0.4, -0.2) is 38.6 Å². The van der Waals surface area contributed by atoms with Gasteiger partial charge in [0, 0.05) is 31.5 Å². The maximum absolute atomic E-state index is 12.5. The second kappa shape index (κ2) is 8.33. The molecule has 2 aromatic rings. The quantitative estimate of drug-likeness (QED) is 0.757. The summed E-state index contributed by atoms with van der Waals surface area (Å²) in [5, 5.41) is 0. The molecule has 0 spiro atoms. The molecule has 0 atom stereocenters. The van der Waals surface area contributed by atoms with Gasteiger partial charge in [0.25, 0.3) is 5.91 Å². The lowest BCUT2D eigenvalue weighted by atomic mass is 10.2. The van der Waals surface area contributed by atoms with Gasteiger partial charge in [0.05, 0.1) is 5.56 Å². The SMILES string of the molecule is CC(C)N(C(=O)COC(=O)c1ccc(N(C)C)cc1)c1ccccc1. The van der Waals surface area contributed by atoms with E-state index < -0.39 is 5.97 Å².